The third kappa shape index (κ3) is 3.88. The fourth-order valence-corrected chi connectivity index (χ4v) is 1.79. The second-order valence-corrected chi connectivity index (χ2v) is 4.34. The molecule has 0 radical (unpaired) electrons. The quantitative estimate of drug-likeness (QED) is 0.829. The van der Waals surface area contributed by atoms with Gasteiger partial charge >= 0.3 is 0 Å². The number of amides is 1. The Morgan fingerprint density at radius 2 is 2.19 bits per heavy atom. The molecule has 0 aliphatic carbocycles. The summed E-state index contributed by atoms with van der Waals surface area (Å²) < 4.78 is 13.3. The summed E-state index contributed by atoms with van der Waals surface area (Å²) in [5, 5.41) is 2.73. The van der Waals surface area contributed by atoms with Gasteiger partial charge in [-0.2, -0.15) is 0 Å². The SMILES string of the molecule is Cc1cc(NC(=O)c2ccc(F)cc2C#CCN)ccn1. The van der Waals surface area contributed by atoms with Gasteiger partial charge in [-0.25, -0.2) is 4.39 Å². The minimum Gasteiger partial charge on any atom is -0.322 e. The van der Waals surface area contributed by atoms with Crippen molar-refractivity contribution in [2.75, 3.05) is 11.9 Å². The van der Waals surface area contributed by atoms with Crippen LogP contribution in [0.25, 0.3) is 0 Å². The van der Waals surface area contributed by atoms with Crippen molar-refractivity contribution in [3.05, 3.63) is 59.2 Å². The van der Waals surface area contributed by atoms with E-state index in [2.05, 4.69) is 22.1 Å². The first-order chi connectivity index (χ1) is 10.1. The van der Waals surface area contributed by atoms with Crippen molar-refractivity contribution in [1.82, 2.24) is 4.98 Å². The Morgan fingerprint density at radius 1 is 1.38 bits per heavy atom. The highest BCUT2D eigenvalue weighted by molar-refractivity contribution is 6.06. The minimum atomic E-state index is -0.451. The van der Waals surface area contributed by atoms with Gasteiger partial charge in [0.2, 0.25) is 0 Å². The highest BCUT2D eigenvalue weighted by Gasteiger charge is 2.11. The summed E-state index contributed by atoms with van der Waals surface area (Å²) in [6.45, 7) is 1.97. The Hall–Kier alpha value is -2.71. The normalized spacial score (nSPS) is 9.67. The summed E-state index contributed by atoms with van der Waals surface area (Å²) in [5.74, 6) is 4.51. The van der Waals surface area contributed by atoms with Crippen LogP contribution in [0.5, 0.6) is 0 Å². The van der Waals surface area contributed by atoms with Crippen molar-refractivity contribution in [2.24, 2.45) is 5.73 Å². The Bertz CT molecular complexity index is 732. The van der Waals surface area contributed by atoms with Crippen LogP contribution in [0.2, 0.25) is 0 Å². The van der Waals surface area contributed by atoms with E-state index >= 15 is 0 Å². The molecule has 0 fully saturated rings. The van der Waals surface area contributed by atoms with E-state index in [0.29, 0.717) is 16.8 Å². The van der Waals surface area contributed by atoms with Crippen molar-refractivity contribution >= 4 is 11.6 Å². The van der Waals surface area contributed by atoms with Gasteiger partial charge in [-0.05, 0) is 37.3 Å². The van der Waals surface area contributed by atoms with Crippen molar-refractivity contribution in [2.45, 2.75) is 6.92 Å². The number of rotatable bonds is 2. The molecule has 2 rings (SSSR count). The summed E-state index contributed by atoms with van der Waals surface area (Å²) >= 11 is 0. The summed E-state index contributed by atoms with van der Waals surface area (Å²) in [6.07, 6.45) is 1.60. The maximum absolute atomic E-state index is 13.3. The second-order valence-electron chi connectivity index (χ2n) is 4.34. The number of halogens is 1. The largest absolute Gasteiger partial charge is 0.322 e. The lowest BCUT2D eigenvalue weighted by molar-refractivity contribution is 0.102. The van der Waals surface area contributed by atoms with Crippen LogP contribution in [0.4, 0.5) is 10.1 Å². The Morgan fingerprint density at radius 3 is 2.90 bits per heavy atom. The molecule has 0 atom stereocenters. The van der Waals surface area contributed by atoms with Crippen LogP contribution in [0, 0.1) is 24.6 Å². The third-order valence-electron chi connectivity index (χ3n) is 2.71. The number of hydrogen-bond donors (Lipinski definition) is 2. The number of aromatic nitrogens is 1. The zero-order valence-corrected chi connectivity index (χ0v) is 11.5. The highest BCUT2D eigenvalue weighted by Crippen LogP contribution is 2.14. The first kappa shape index (κ1) is 14.7. The molecule has 0 saturated heterocycles. The Kier molecular flexibility index (Phi) is 4.64. The predicted octanol–water partition coefficient (Wildman–Crippen LogP) is 2.09. The third-order valence-corrected chi connectivity index (χ3v) is 2.71. The average Bonchev–Trinajstić information content (AvgIpc) is 2.45. The maximum atomic E-state index is 13.3. The molecular formula is C16H14FN3O. The smallest absolute Gasteiger partial charge is 0.256 e. The molecule has 0 bridgehead atoms. The molecule has 21 heavy (non-hydrogen) atoms. The van der Waals surface area contributed by atoms with Crippen LogP contribution in [0.15, 0.2) is 36.5 Å². The standard InChI is InChI=1S/C16H14FN3O/c1-11-9-14(6-8-19-11)20-16(21)15-5-4-13(17)10-12(15)3-2-7-18/h4-6,8-10H,7,18H2,1H3,(H,19,20,21). The van der Waals surface area contributed by atoms with Gasteiger partial charge in [0.05, 0.1) is 12.1 Å². The lowest BCUT2D eigenvalue weighted by Crippen LogP contribution is -2.14. The van der Waals surface area contributed by atoms with Crippen LogP contribution in [-0.4, -0.2) is 17.4 Å². The summed E-state index contributed by atoms with van der Waals surface area (Å²) in [7, 11) is 0. The van der Waals surface area contributed by atoms with Gasteiger partial charge in [-0.1, -0.05) is 11.8 Å². The van der Waals surface area contributed by atoms with Crippen molar-refractivity contribution < 1.29 is 9.18 Å². The second kappa shape index (κ2) is 6.64. The number of aryl methyl sites for hydroxylation is 1. The molecule has 5 heteroatoms. The molecule has 1 aromatic heterocycles. The van der Waals surface area contributed by atoms with Crippen molar-refractivity contribution in [3.8, 4) is 11.8 Å². The van der Waals surface area contributed by atoms with E-state index in [0.717, 1.165) is 5.69 Å². The van der Waals surface area contributed by atoms with E-state index in [4.69, 9.17) is 5.73 Å². The van der Waals surface area contributed by atoms with E-state index in [1.165, 1.54) is 18.2 Å². The number of carbonyl (C=O) groups is 1. The average molecular weight is 283 g/mol. The van der Waals surface area contributed by atoms with Crippen LogP contribution in [-0.2, 0) is 0 Å². The molecule has 4 nitrogen and oxygen atoms in total. The van der Waals surface area contributed by atoms with E-state index in [1.807, 2.05) is 6.92 Å². The van der Waals surface area contributed by atoms with Gasteiger partial charge < -0.3 is 11.1 Å². The number of nitrogens with two attached hydrogens (primary N) is 1. The van der Waals surface area contributed by atoms with Crippen LogP contribution in [0.3, 0.4) is 0 Å². The van der Waals surface area contributed by atoms with Crippen molar-refractivity contribution in [1.29, 1.82) is 0 Å². The molecule has 0 saturated carbocycles. The molecule has 0 unspecified atom stereocenters. The first-order valence-electron chi connectivity index (χ1n) is 6.32. The zero-order valence-electron chi connectivity index (χ0n) is 11.5. The fourth-order valence-electron chi connectivity index (χ4n) is 1.79. The lowest BCUT2D eigenvalue weighted by atomic mass is 10.1. The van der Waals surface area contributed by atoms with E-state index in [-0.39, 0.29) is 12.5 Å². The number of anilines is 1. The number of benzene rings is 1. The molecule has 0 spiro atoms. The predicted molar refractivity (Wildman–Crippen MR) is 79.3 cm³/mol. The van der Waals surface area contributed by atoms with Gasteiger partial charge in [-0.15, -0.1) is 0 Å². The molecular weight excluding hydrogens is 269 g/mol. The van der Waals surface area contributed by atoms with E-state index < -0.39 is 5.82 Å². The van der Waals surface area contributed by atoms with Gasteiger partial charge in [-0.3, -0.25) is 9.78 Å². The molecule has 106 valence electrons. The molecule has 0 aliphatic rings. The molecule has 1 amide bonds. The van der Waals surface area contributed by atoms with E-state index in [9.17, 15) is 9.18 Å². The van der Waals surface area contributed by atoms with Gasteiger partial charge in [0.15, 0.2) is 0 Å². The van der Waals surface area contributed by atoms with Gasteiger partial charge in [0.1, 0.15) is 5.82 Å². The van der Waals surface area contributed by atoms with Crippen molar-refractivity contribution in [3.63, 3.8) is 0 Å². The maximum Gasteiger partial charge on any atom is 0.256 e. The first-order valence-corrected chi connectivity index (χ1v) is 6.32. The minimum absolute atomic E-state index is 0.140. The molecule has 1 heterocycles. The summed E-state index contributed by atoms with van der Waals surface area (Å²) in [4.78, 5) is 16.3. The molecule has 2 aromatic rings. The summed E-state index contributed by atoms with van der Waals surface area (Å²) in [6, 6.07) is 7.27. The fraction of sp³-hybridized carbons (Fsp3) is 0.125. The number of carbonyl (C=O) groups excluding carboxylic acids is 1. The number of pyridine rings is 1. The Labute approximate surface area is 122 Å². The van der Waals surface area contributed by atoms with E-state index in [1.54, 1.807) is 18.3 Å². The highest BCUT2D eigenvalue weighted by atomic mass is 19.1. The van der Waals surface area contributed by atoms with Crippen LogP contribution >= 0.6 is 0 Å². The van der Waals surface area contributed by atoms with Crippen LogP contribution < -0.4 is 11.1 Å². The molecule has 0 aliphatic heterocycles. The van der Waals surface area contributed by atoms with Gasteiger partial charge in [0.25, 0.3) is 5.91 Å². The zero-order chi connectivity index (χ0) is 15.2. The topological polar surface area (TPSA) is 68.0 Å². The Balaban J connectivity index is 2.30. The van der Waals surface area contributed by atoms with Crippen LogP contribution in [0.1, 0.15) is 21.6 Å². The number of nitrogens with one attached hydrogen (secondary N) is 1. The molecule has 1 aromatic carbocycles. The molecule has 3 N–H and O–H groups in total. The monoisotopic (exact) mass is 283 g/mol. The number of nitrogens with zero attached hydrogens (tertiary/aromatic N) is 1. The number of hydrogen-bond acceptors (Lipinski definition) is 3. The summed E-state index contributed by atoms with van der Waals surface area (Å²) in [5.41, 5.74) is 7.32. The van der Waals surface area contributed by atoms with Gasteiger partial charge in [0, 0.05) is 23.1 Å². The lowest BCUT2D eigenvalue weighted by Gasteiger charge is -2.07.